The predicted octanol–water partition coefficient (Wildman–Crippen LogP) is 2.54. The second-order valence-electron chi connectivity index (χ2n) is 6.20. The maximum absolute atomic E-state index is 14.3. The van der Waals surface area contributed by atoms with Crippen LogP contribution in [0.4, 0.5) is 8.78 Å². The van der Waals surface area contributed by atoms with Crippen molar-refractivity contribution in [2.45, 2.75) is 11.4 Å². The topological polar surface area (TPSA) is 87.0 Å². The summed E-state index contributed by atoms with van der Waals surface area (Å²) in [7, 11) is -1.04. The van der Waals surface area contributed by atoms with Crippen molar-refractivity contribution in [3.63, 3.8) is 0 Å². The predicted molar refractivity (Wildman–Crippen MR) is 107 cm³/mol. The number of sulfone groups is 1. The van der Waals surface area contributed by atoms with Gasteiger partial charge >= 0.3 is 0 Å². The molecule has 0 bridgehead atoms. The Bertz CT molecular complexity index is 1250. The summed E-state index contributed by atoms with van der Waals surface area (Å²) in [5.74, 6) is -2.89. The van der Waals surface area contributed by atoms with Gasteiger partial charge in [-0.1, -0.05) is 11.3 Å². The summed E-state index contributed by atoms with van der Waals surface area (Å²) in [6, 6.07) is 7.46. The van der Waals surface area contributed by atoms with Crippen LogP contribution in [0, 0.1) is 11.6 Å². The van der Waals surface area contributed by atoms with E-state index >= 15 is 0 Å². The van der Waals surface area contributed by atoms with Gasteiger partial charge in [-0.25, -0.2) is 17.2 Å². The summed E-state index contributed by atoms with van der Waals surface area (Å²) in [4.78, 5) is 16.3. The number of hydrogen-bond donors (Lipinski definition) is 0. The second-order valence-corrected chi connectivity index (χ2v) is 9.20. The molecule has 0 aliphatic rings. The van der Waals surface area contributed by atoms with Crippen molar-refractivity contribution >= 4 is 37.3 Å². The van der Waals surface area contributed by atoms with Gasteiger partial charge in [0.1, 0.15) is 17.3 Å². The molecule has 0 N–H and O–H groups in total. The van der Waals surface area contributed by atoms with E-state index in [-0.39, 0.29) is 33.1 Å². The monoisotopic (exact) mass is 456 g/mol. The third-order valence-electron chi connectivity index (χ3n) is 4.17. The molecule has 11 heteroatoms. The Balaban J connectivity index is 1.98. The van der Waals surface area contributed by atoms with Crippen molar-refractivity contribution in [1.82, 2.24) is 4.57 Å². The minimum atomic E-state index is -3.94. The third kappa shape index (κ3) is 4.74. The van der Waals surface area contributed by atoms with E-state index in [0.29, 0.717) is 5.75 Å². The van der Waals surface area contributed by atoms with Crippen LogP contribution in [0.3, 0.4) is 0 Å². The number of rotatable bonds is 7. The van der Waals surface area contributed by atoms with Gasteiger partial charge in [0, 0.05) is 19.7 Å². The van der Waals surface area contributed by atoms with Gasteiger partial charge in [0.2, 0.25) is 0 Å². The molecule has 3 rings (SSSR count). The molecular formula is C19H18F2N2O5S2. The first-order valence-electron chi connectivity index (χ1n) is 8.67. The first-order chi connectivity index (χ1) is 14.2. The SMILES string of the molecule is COCCn1c(=NC(=O)CS(=O)(=O)c2ccc(OC)cc2)sc2cc(F)cc(F)c21. The molecule has 0 aliphatic carbocycles. The second kappa shape index (κ2) is 9.02. The van der Waals surface area contributed by atoms with Crippen molar-refractivity contribution in [1.29, 1.82) is 0 Å². The number of fused-ring (bicyclic) bond motifs is 1. The molecule has 0 saturated carbocycles. The minimum Gasteiger partial charge on any atom is -0.497 e. The molecule has 1 amide bonds. The third-order valence-corrected chi connectivity index (χ3v) is 6.81. The van der Waals surface area contributed by atoms with Gasteiger partial charge in [-0.3, -0.25) is 4.79 Å². The number of nitrogens with zero attached hydrogens (tertiary/aromatic N) is 2. The molecule has 1 aromatic heterocycles. The normalized spacial score (nSPS) is 12.5. The number of amides is 1. The average Bonchev–Trinajstić information content (AvgIpc) is 3.02. The zero-order valence-corrected chi connectivity index (χ0v) is 17.7. The lowest BCUT2D eigenvalue weighted by molar-refractivity contribution is -0.115. The molecule has 1 heterocycles. The fourth-order valence-corrected chi connectivity index (χ4v) is 4.99. The molecule has 160 valence electrons. The molecule has 0 aliphatic heterocycles. The van der Waals surface area contributed by atoms with Gasteiger partial charge in [0.05, 0.1) is 28.8 Å². The van der Waals surface area contributed by atoms with E-state index in [2.05, 4.69) is 4.99 Å². The van der Waals surface area contributed by atoms with Crippen LogP contribution < -0.4 is 9.54 Å². The molecule has 0 unspecified atom stereocenters. The Morgan fingerprint density at radius 1 is 1.17 bits per heavy atom. The van der Waals surface area contributed by atoms with Crippen LogP contribution in [-0.2, 0) is 25.9 Å². The van der Waals surface area contributed by atoms with Crippen LogP contribution >= 0.6 is 11.3 Å². The lowest BCUT2D eigenvalue weighted by Crippen LogP contribution is -2.22. The fourth-order valence-electron chi connectivity index (χ4n) is 2.77. The molecule has 2 aromatic carbocycles. The number of halogens is 2. The van der Waals surface area contributed by atoms with Crippen LogP contribution in [0.5, 0.6) is 5.75 Å². The number of benzene rings is 2. The molecule has 0 saturated heterocycles. The van der Waals surface area contributed by atoms with Crippen LogP contribution in [0.1, 0.15) is 0 Å². The summed E-state index contributed by atoms with van der Waals surface area (Å²) < 4.78 is 64.5. The summed E-state index contributed by atoms with van der Waals surface area (Å²) in [6.07, 6.45) is 0. The van der Waals surface area contributed by atoms with Gasteiger partial charge in [0.15, 0.2) is 20.5 Å². The summed E-state index contributed by atoms with van der Waals surface area (Å²) in [5.41, 5.74) is 0.0722. The molecular weight excluding hydrogens is 438 g/mol. The lowest BCUT2D eigenvalue weighted by Gasteiger charge is -2.05. The van der Waals surface area contributed by atoms with Crippen molar-refractivity contribution in [2.75, 3.05) is 26.6 Å². The summed E-state index contributed by atoms with van der Waals surface area (Å²) in [6.45, 7) is 0.338. The van der Waals surface area contributed by atoms with Gasteiger partial charge < -0.3 is 14.0 Å². The van der Waals surface area contributed by atoms with E-state index in [1.807, 2.05) is 0 Å². The highest BCUT2D eigenvalue weighted by Gasteiger charge is 2.20. The minimum absolute atomic E-state index is 0.0523. The first-order valence-corrected chi connectivity index (χ1v) is 11.1. The molecule has 30 heavy (non-hydrogen) atoms. The molecule has 0 radical (unpaired) electrons. The number of hydrogen-bond acceptors (Lipinski definition) is 6. The van der Waals surface area contributed by atoms with Crippen molar-refractivity contribution in [3.05, 3.63) is 52.8 Å². The van der Waals surface area contributed by atoms with Crippen LogP contribution in [0.15, 0.2) is 46.3 Å². The molecule has 7 nitrogen and oxygen atoms in total. The number of carbonyl (C=O) groups excluding carboxylic acids is 1. The van der Waals surface area contributed by atoms with Crippen LogP contribution in [0.25, 0.3) is 10.2 Å². The number of ether oxygens (including phenoxy) is 2. The Morgan fingerprint density at radius 3 is 2.50 bits per heavy atom. The molecule has 0 fully saturated rings. The quantitative estimate of drug-likeness (QED) is 0.545. The van der Waals surface area contributed by atoms with Crippen molar-refractivity contribution in [3.8, 4) is 5.75 Å². The van der Waals surface area contributed by atoms with Crippen molar-refractivity contribution < 1.29 is 31.5 Å². The largest absolute Gasteiger partial charge is 0.497 e. The molecule has 3 aromatic rings. The summed E-state index contributed by atoms with van der Waals surface area (Å²) in [5, 5.41) is 0. The maximum atomic E-state index is 14.3. The Morgan fingerprint density at radius 2 is 1.87 bits per heavy atom. The van der Waals surface area contributed by atoms with Gasteiger partial charge in [-0.2, -0.15) is 4.99 Å². The van der Waals surface area contributed by atoms with E-state index in [0.717, 1.165) is 23.5 Å². The fraction of sp³-hybridized carbons (Fsp3) is 0.263. The highest BCUT2D eigenvalue weighted by atomic mass is 32.2. The van der Waals surface area contributed by atoms with Crippen molar-refractivity contribution in [2.24, 2.45) is 4.99 Å². The average molecular weight is 456 g/mol. The number of thiazole rings is 1. The van der Waals surface area contributed by atoms with E-state index in [1.54, 1.807) is 0 Å². The molecule has 0 atom stereocenters. The smallest absolute Gasteiger partial charge is 0.263 e. The van der Waals surface area contributed by atoms with Crippen LogP contribution in [-0.4, -0.2) is 45.5 Å². The van der Waals surface area contributed by atoms with E-state index < -0.39 is 33.1 Å². The first kappa shape index (κ1) is 22.1. The Labute approximate surface area is 175 Å². The van der Waals surface area contributed by atoms with Gasteiger partial charge in [-0.15, -0.1) is 0 Å². The van der Waals surface area contributed by atoms with Gasteiger partial charge in [-0.05, 0) is 30.3 Å². The zero-order chi connectivity index (χ0) is 21.9. The Hall–Kier alpha value is -2.63. The number of methoxy groups -OCH3 is 2. The number of carbonyl (C=O) groups is 1. The Kier molecular flexibility index (Phi) is 6.64. The van der Waals surface area contributed by atoms with Crippen LogP contribution in [0.2, 0.25) is 0 Å². The van der Waals surface area contributed by atoms with E-state index in [9.17, 15) is 22.0 Å². The maximum Gasteiger partial charge on any atom is 0.263 e. The summed E-state index contributed by atoms with van der Waals surface area (Å²) >= 11 is 0.886. The zero-order valence-electron chi connectivity index (χ0n) is 16.1. The standard InChI is InChI=1S/C19H18F2N2O5S2/c1-27-8-7-23-18-15(21)9-12(20)10-16(18)29-19(23)22-17(24)11-30(25,26)14-5-3-13(28-2)4-6-14/h3-6,9-10H,7-8,11H2,1-2H3. The number of aromatic nitrogens is 1. The molecule has 0 spiro atoms. The van der Waals surface area contributed by atoms with E-state index in [4.69, 9.17) is 9.47 Å². The highest BCUT2D eigenvalue weighted by Crippen LogP contribution is 2.22. The lowest BCUT2D eigenvalue weighted by atomic mass is 10.3. The van der Waals surface area contributed by atoms with Gasteiger partial charge in [0.25, 0.3) is 5.91 Å². The van der Waals surface area contributed by atoms with E-state index in [1.165, 1.54) is 43.1 Å². The highest BCUT2D eigenvalue weighted by molar-refractivity contribution is 7.92.